The van der Waals surface area contributed by atoms with Crippen molar-refractivity contribution in [3.8, 4) is 0 Å². The summed E-state index contributed by atoms with van der Waals surface area (Å²) in [7, 11) is -4.20. The average molecular weight is 518 g/mol. The van der Waals surface area contributed by atoms with E-state index >= 15 is 0 Å². The highest BCUT2D eigenvalue weighted by molar-refractivity contribution is 7.92. The molecule has 4 aromatic rings. The number of aromatic nitrogens is 2. The summed E-state index contributed by atoms with van der Waals surface area (Å²) in [6.45, 7) is 2.56. The number of anilines is 2. The Morgan fingerprint density at radius 1 is 0.865 bits per heavy atom. The summed E-state index contributed by atoms with van der Waals surface area (Å²) in [5, 5.41) is 3.23. The van der Waals surface area contributed by atoms with Crippen LogP contribution in [0.15, 0.2) is 89.8 Å². The second-order valence-corrected chi connectivity index (χ2v) is 10.6. The van der Waals surface area contributed by atoms with Crippen molar-refractivity contribution in [1.29, 1.82) is 0 Å². The van der Waals surface area contributed by atoms with Gasteiger partial charge in [0, 0.05) is 38.2 Å². The fourth-order valence-electron chi connectivity index (χ4n) is 4.42. The van der Waals surface area contributed by atoms with Crippen molar-refractivity contribution in [3.05, 3.63) is 113 Å². The molecule has 190 valence electrons. The van der Waals surface area contributed by atoms with Crippen molar-refractivity contribution < 1.29 is 12.8 Å². The maximum Gasteiger partial charge on any atom is 0.265 e. The van der Waals surface area contributed by atoms with E-state index < -0.39 is 20.7 Å². The minimum absolute atomic E-state index is 0.174. The van der Waals surface area contributed by atoms with Crippen LogP contribution in [0.25, 0.3) is 0 Å². The molecule has 1 aliphatic heterocycles. The minimum atomic E-state index is -4.20. The van der Waals surface area contributed by atoms with Crippen LogP contribution in [0.1, 0.15) is 22.4 Å². The normalized spacial score (nSPS) is 13.6. The Kier molecular flexibility index (Phi) is 7.43. The molecule has 0 spiro atoms. The standard InChI is InChI=1S/C28H28FN5O2S/c29-24-13-7-8-14-26(24)37(35,36)33-27-23-20-34(19-22-11-5-2-6-12-22)18-16-25(23)31-28(32-27)30-17-15-21-9-3-1-4-10-21/h1-14H,15-20H2,(H2,30,31,32,33). The van der Waals surface area contributed by atoms with Crippen LogP contribution in [-0.4, -0.2) is 36.4 Å². The summed E-state index contributed by atoms with van der Waals surface area (Å²) in [4.78, 5) is 11.1. The summed E-state index contributed by atoms with van der Waals surface area (Å²) in [6.07, 6.45) is 1.41. The summed E-state index contributed by atoms with van der Waals surface area (Å²) in [5.41, 5.74) is 3.83. The van der Waals surface area contributed by atoms with Gasteiger partial charge in [0.2, 0.25) is 5.95 Å². The minimum Gasteiger partial charge on any atom is -0.354 e. The van der Waals surface area contributed by atoms with E-state index in [0.29, 0.717) is 31.0 Å². The van der Waals surface area contributed by atoms with Crippen LogP contribution >= 0.6 is 0 Å². The molecule has 0 amide bonds. The second kappa shape index (κ2) is 11.1. The Hall–Kier alpha value is -3.82. The first-order valence-electron chi connectivity index (χ1n) is 12.2. The van der Waals surface area contributed by atoms with Crippen LogP contribution in [0.4, 0.5) is 16.2 Å². The number of nitrogens with zero attached hydrogens (tertiary/aromatic N) is 3. The van der Waals surface area contributed by atoms with E-state index in [4.69, 9.17) is 4.98 Å². The number of rotatable bonds is 9. The van der Waals surface area contributed by atoms with Gasteiger partial charge >= 0.3 is 0 Å². The zero-order valence-electron chi connectivity index (χ0n) is 20.3. The Morgan fingerprint density at radius 2 is 1.54 bits per heavy atom. The third kappa shape index (κ3) is 6.12. The number of halogens is 1. The summed E-state index contributed by atoms with van der Waals surface area (Å²) in [5.74, 6) is -0.296. The van der Waals surface area contributed by atoms with Crippen molar-refractivity contribution in [2.24, 2.45) is 0 Å². The summed E-state index contributed by atoms with van der Waals surface area (Å²) in [6, 6.07) is 25.5. The van der Waals surface area contributed by atoms with E-state index in [1.54, 1.807) is 0 Å². The molecule has 0 atom stereocenters. The van der Waals surface area contributed by atoms with E-state index in [0.717, 1.165) is 31.3 Å². The van der Waals surface area contributed by atoms with Crippen LogP contribution in [0.3, 0.4) is 0 Å². The molecule has 0 bridgehead atoms. The lowest BCUT2D eigenvalue weighted by Crippen LogP contribution is -2.32. The average Bonchev–Trinajstić information content (AvgIpc) is 2.90. The first-order chi connectivity index (χ1) is 18.0. The van der Waals surface area contributed by atoms with Crippen LogP contribution in [0, 0.1) is 5.82 Å². The molecule has 1 aliphatic rings. The number of sulfonamides is 1. The Bertz CT molecular complexity index is 1470. The van der Waals surface area contributed by atoms with Gasteiger partial charge in [-0.2, -0.15) is 4.98 Å². The monoisotopic (exact) mass is 517 g/mol. The molecule has 2 heterocycles. The molecule has 9 heteroatoms. The molecular formula is C28H28FN5O2S. The molecule has 0 unspecified atom stereocenters. The van der Waals surface area contributed by atoms with Crippen LogP contribution in [0.5, 0.6) is 0 Å². The topological polar surface area (TPSA) is 87.2 Å². The van der Waals surface area contributed by atoms with Gasteiger partial charge in [-0.05, 0) is 29.7 Å². The summed E-state index contributed by atoms with van der Waals surface area (Å²) < 4.78 is 43.2. The number of hydrogen-bond acceptors (Lipinski definition) is 6. The van der Waals surface area contributed by atoms with Crippen LogP contribution < -0.4 is 10.0 Å². The SMILES string of the molecule is O=S(=O)(Nc1nc(NCCc2ccccc2)nc2c1CN(Cc1ccccc1)CC2)c1ccccc1F. The van der Waals surface area contributed by atoms with Gasteiger partial charge in [0.1, 0.15) is 16.5 Å². The molecule has 0 radical (unpaired) electrons. The molecule has 7 nitrogen and oxygen atoms in total. The molecular weight excluding hydrogens is 489 g/mol. The first-order valence-corrected chi connectivity index (χ1v) is 13.7. The van der Waals surface area contributed by atoms with Crippen molar-refractivity contribution in [1.82, 2.24) is 14.9 Å². The second-order valence-electron chi connectivity index (χ2n) is 8.97. The molecule has 0 fully saturated rings. The predicted molar refractivity (Wildman–Crippen MR) is 142 cm³/mol. The van der Waals surface area contributed by atoms with Crippen molar-refractivity contribution in [2.45, 2.75) is 30.8 Å². The van der Waals surface area contributed by atoms with E-state index in [-0.39, 0.29) is 5.82 Å². The highest BCUT2D eigenvalue weighted by Gasteiger charge is 2.27. The highest BCUT2D eigenvalue weighted by atomic mass is 32.2. The summed E-state index contributed by atoms with van der Waals surface area (Å²) >= 11 is 0. The molecule has 1 aromatic heterocycles. The Morgan fingerprint density at radius 3 is 2.27 bits per heavy atom. The van der Waals surface area contributed by atoms with Gasteiger partial charge in [-0.1, -0.05) is 72.8 Å². The van der Waals surface area contributed by atoms with Crippen molar-refractivity contribution in [3.63, 3.8) is 0 Å². The van der Waals surface area contributed by atoms with E-state index in [1.807, 2.05) is 48.5 Å². The van der Waals surface area contributed by atoms with Gasteiger partial charge in [0.15, 0.2) is 0 Å². The fourth-order valence-corrected chi connectivity index (χ4v) is 5.53. The van der Waals surface area contributed by atoms with Gasteiger partial charge in [-0.25, -0.2) is 17.8 Å². The third-order valence-corrected chi connectivity index (χ3v) is 7.66. The van der Waals surface area contributed by atoms with Gasteiger partial charge in [0.05, 0.1) is 5.69 Å². The van der Waals surface area contributed by atoms with Gasteiger partial charge in [-0.15, -0.1) is 0 Å². The quantitative estimate of drug-likeness (QED) is 0.337. The maximum absolute atomic E-state index is 14.4. The number of fused-ring (bicyclic) bond motifs is 1. The van der Waals surface area contributed by atoms with Gasteiger partial charge in [0.25, 0.3) is 10.0 Å². The van der Waals surface area contributed by atoms with Gasteiger partial charge < -0.3 is 5.32 Å². The van der Waals surface area contributed by atoms with Crippen LogP contribution in [0.2, 0.25) is 0 Å². The maximum atomic E-state index is 14.4. The lowest BCUT2D eigenvalue weighted by Gasteiger charge is -2.29. The van der Waals surface area contributed by atoms with E-state index in [2.05, 4.69) is 32.1 Å². The number of hydrogen-bond donors (Lipinski definition) is 2. The molecule has 3 aromatic carbocycles. The van der Waals surface area contributed by atoms with E-state index in [1.165, 1.54) is 29.3 Å². The molecule has 2 N–H and O–H groups in total. The third-order valence-electron chi connectivity index (χ3n) is 6.29. The highest BCUT2D eigenvalue weighted by Crippen LogP contribution is 2.28. The molecule has 37 heavy (non-hydrogen) atoms. The zero-order valence-corrected chi connectivity index (χ0v) is 21.1. The van der Waals surface area contributed by atoms with Crippen molar-refractivity contribution in [2.75, 3.05) is 23.1 Å². The first kappa shape index (κ1) is 24.9. The molecule has 0 saturated carbocycles. The van der Waals surface area contributed by atoms with Crippen LogP contribution in [-0.2, 0) is 36.0 Å². The Labute approximate surface area is 216 Å². The smallest absolute Gasteiger partial charge is 0.265 e. The number of nitrogens with one attached hydrogen (secondary N) is 2. The molecule has 0 aliphatic carbocycles. The predicted octanol–water partition coefficient (Wildman–Crippen LogP) is 4.63. The largest absolute Gasteiger partial charge is 0.354 e. The molecule has 5 rings (SSSR count). The fraction of sp³-hybridized carbons (Fsp3) is 0.214. The van der Waals surface area contributed by atoms with E-state index in [9.17, 15) is 12.8 Å². The zero-order chi connectivity index (χ0) is 25.7. The number of benzene rings is 3. The Balaban J connectivity index is 1.42. The lowest BCUT2D eigenvalue weighted by atomic mass is 10.1. The lowest BCUT2D eigenvalue weighted by molar-refractivity contribution is 0.243. The van der Waals surface area contributed by atoms with Gasteiger partial charge in [-0.3, -0.25) is 9.62 Å². The van der Waals surface area contributed by atoms with Crippen molar-refractivity contribution >= 4 is 21.8 Å². The molecule has 0 saturated heterocycles.